The van der Waals surface area contributed by atoms with E-state index in [9.17, 15) is 5.11 Å². The number of halogens is 1. The average Bonchev–Trinajstić information content (AvgIpc) is 2.59. The molecule has 2 heterocycles. The lowest BCUT2D eigenvalue weighted by Gasteiger charge is -2.40. The molecule has 6 heteroatoms. The van der Waals surface area contributed by atoms with Crippen LogP contribution in [0.1, 0.15) is 25.1 Å². The first-order valence-corrected chi connectivity index (χ1v) is 7.58. The fourth-order valence-corrected chi connectivity index (χ4v) is 3.14. The summed E-state index contributed by atoms with van der Waals surface area (Å²) in [6.07, 6.45) is -0.265. The van der Waals surface area contributed by atoms with Crippen molar-refractivity contribution in [1.29, 1.82) is 0 Å². The number of piperazine rings is 1. The first-order chi connectivity index (χ1) is 9.38. The van der Waals surface area contributed by atoms with E-state index >= 15 is 0 Å². The summed E-state index contributed by atoms with van der Waals surface area (Å²) < 4.78 is 1.74. The smallest absolute Gasteiger partial charge is 0.131 e. The van der Waals surface area contributed by atoms with Gasteiger partial charge in [0.2, 0.25) is 0 Å². The van der Waals surface area contributed by atoms with E-state index in [2.05, 4.69) is 21.8 Å². The highest BCUT2D eigenvalue weighted by Crippen LogP contribution is 2.22. The molecule has 20 heavy (non-hydrogen) atoms. The van der Waals surface area contributed by atoms with Gasteiger partial charge in [-0.25, -0.2) is 0 Å². The zero-order chi connectivity index (χ0) is 14.9. The van der Waals surface area contributed by atoms with Gasteiger partial charge in [0.1, 0.15) is 5.15 Å². The van der Waals surface area contributed by atoms with Gasteiger partial charge in [-0.2, -0.15) is 5.10 Å². The molecule has 1 aromatic heterocycles. The quantitative estimate of drug-likeness (QED) is 0.909. The van der Waals surface area contributed by atoms with E-state index in [1.807, 2.05) is 20.9 Å². The number of aryl methyl sites for hydroxylation is 2. The van der Waals surface area contributed by atoms with Crippen molar-refractivity contribution >= 4 is 11.6 Å². The number of hydrogen-bond donors (Lipinski definition) is 1. The molecule has 114 valence electrons. The minimum atomic E-state index is -0.265. The standard InChI is InChI=1S/C14H25ClN4O/c1-10-7-18(5-6-19(10)8-11(2)20)9-13-12(3)16-17(4)14(13)15/h10-11,20H,5-9H2,1-4H3/t10-,11-/m1/s1. The Morgan fingerprint density at radius 2 is 2.15 bits per heavy atom. The first-order valence-electron chi connectivity index (χ1n) is 7.21. The molecular weight excluding hydrogens is 276 g/mol. The third kappa shape index (κ3) is 3.52. The molecule has 0 aromatic carbocycles. The molecule has 1 fully saturated rings. The van der Waals surface area contributed by atoms with Crippen LogP contribution in [0.3, 0.4) is 0 Å². The van der Waals surface area contributed by atoms with Crippen LogP contribution < -0.4 is 0 Å². The molecule has 0 bridgehead atoms. The van der Waals surface area contributed by atoms with Crippen molar-refractivity contribution in [1.82, 2.24) is 19.6 Å². The molecule has 0 spiro atoms. The van der Waals surface area contributed by atoms with Crippen LogP contribution in [0.4, 0.5) is 0 Å². The summed E-state index contributed by atoms with van der Waals surface area (Å²) in [6, 6.07) is 0.453. The third-order valence-corrected chi connectivity index (χ3v) is 4.47. The highest BCUT2D eigenvalue weighted by molar-refractivity contribution is 6.30. The van der Waals surface area contributed by atoms with Crippen LogP contribution in [0.15, 0.2) is 0 Å². The molecule has 0 radical (unpaired) electrons. The van der Waals surface area contributed by atoms with Crippen molar-refractivity contribution in [2.24, 2.45) is 7.05 Å². The Hall–Kier alpha value is -0.620. The second-order valence-electron chi connectivity index (χ2n) is 5.91. The Morgan fingerprint density at radius 3 is 2.65 bits per heavy atom. The molecule has 2 rings (SSSR count). The predicted octanol–water partition coefficient (Wildman–Crippen LogP) is 1.27. The van der Waals surface area contributed by atoms with Gasteiger partial charge in [-0.15, -0.1) is 0 Å². The van der Waals surface area contributed by atoms with Crippen LogP contribution in [-0.4, -0.2) is 63.0 Å². The van der Waals surface area contributed by atoms with E-state index in [-0.39, 0.29) is 6.10 Å². The first kappa shape index (κ1) is 15.8. The molecular formula is C14H25ClN4O. The summed E-state index contributed by atoms with van der Waals surface area (Å²) in [4.78, 5) is 4.76. The molecule has 0 unspecified atom stereocenters. The molecule has 1 N–H and O–H groups in total. The SMILES string of the molecule is Cc1nn(C)c(Cl)c1CN1CCN(C[C@@H](C)O)[C@H](C)C1. The largest absolute Gasteiger partial charge is 0.392 e. The number of aliphatic hydroxyl groups is 1. The molecule has 2 atom stereocenters. The maximum Gasteiger partial charge on any atom is 0.131 e. The van der Waals surface area contributed by atoms with Gasteiger partial charge < -0.3 is 5.11 Å². The Kier molecular flexibility index (Phi) is 5.07. The average molecular weight is 301 g/mol. The van der Waals surface area contributed by atoms with Crippen molar-refractivity contribution in [3.8, 4) is 0 Å². The second kappa shape index (κ2) is 6.43. The Balaban J connectivity index is 1.96. The molecule has 0 amide bonds. The van der Waals surface area contributed by atoms with Gasteiger partial charge in [0.15, 0.2) is 0 Å². The van der Waals surface area contributed by atoms with Crippen LogP contribution in [0.2, 0.25) is 5.15 Å². The Labute approximate surface area is 126 Å². The lowest BCUT2D eigenvalue weighted by atomic mass is 10.1. The summed E-state index contributed by atoms with van der Waals surface area (Å²) in [5, 5.41) is 14.6. The van der Waals surface area contributed by atoms with Crippen LogP contribution in [0.25, 0.3) is 0 Å². The van der Waals surface area contributed by atoms with E-state index in [0.717, 1.165) is 49.1 Å². The van der Waals surface area contributed by atoms with E-state index in [1.54, 1.807) is 4.68 Å². The number of hydrogen-bond acceptors (Lipinski definition) is 4. The minimum Gasteiger partial charge on any atom is -0.392 e. The summed E-state index contributed by atoms with van der Waals surface area (Å²) >= 11 is 6.30. The number of aliphatic hydroxyl groups excluding tert-OH is 1. The summed E-state index contributed by atoms with van der Waals surface area (Å²) in [5.74, 6) is 0. The van der Waals surface area contributed by atoms with Gasteiger partial charge in [0.05, 0.1) is 11.8 Å². The summed E-state index contributed by atoms with van der Waals surface area (Å²) in [5.41, 5.74) is 2.14. The van der Waals surface area contributed by atoms with E-state index in [1.165, 1.54) is 0 Å². The fraction of sp³-hybridized carbons (Fsp3) is 0.786. The van der Waals surface area contributed by atoms with Gasteiger partial charge in [0, 0.05) is 51.4 Å². The zero-order valence-electron chi connectivity index (χ0n) is 12.8. The maximum atomic E-state index is 9.52. The van der Waals surface area contributed by atoms with Crippen molar-refractivity contribution in [2.75, 3.05) is 26.2 Å². The number of β-amino-alcohol motifs (C(OH)–C–C–N with tert-alkyl or cyclic N) is 1. The van der Waals surface area contributed by atoms with Crippen molar-refractivity contribution in [3.05, 3.63) is 16.4 Å². The molecule has 0 saturated carbocycles. The second-order valence-corrected chi connectivity index (χ2v) is 6.26. The molecule has 5 nitrogen and oxygen atoms in total. The van der Waals surface area contributed by atoms with E-state index in [4.69, 9.17) is 11.6 Å². The lowest BCUT2D eigenvalue weighted by Crippen LogP contribution is -2.53. The van der Waals surface area contributed by atoms with Crippen molar-refractivity contribution < 1.29 is 5.11 Å². The van der Waals surface area contributed by atoms with Crippen molar-refractivity contribution in [3.63, 3.8) is 0 Å². The van der Waals surface area contributed by atoms with Gasteiger partial charge in [-0.1, -0.05) is 11.6 Å². The zero-order valence-corrected chi connectivity index (χ0v) is 13.6. The highest BCUT2D eigenvalue weighted by Gasteiger charge is 2.25. The van der Waals surface area contributed by atoms with Crippen LogP contribution in [0.5, 0.6) is 0 Å². The maximum absolute atomic E-state index is 9.52. The number of aromatic nitrogens is 2. The molecule has 1 aromatic rings. The number of rotatable bonds is 4. The van der Waals surface area contributed by atoms with Crippen LogP contribution >= 0.6 is 11.6 Å². The monoisotopic (exact) mass is 300 g/mol. The minimum absolute atomic E-state index is 0.265. The Morgan fingerprint density at radius 1 is 1.45 bits per heavy atom. The van der Waals surface area contributed by atoms with E-state index < -0.39 is 0 Å². The van der Waals surface area contributed by atoms with Crippen LogP contribution in [0, 0.1) is 6.92 Å². The van der Waals surface area contributed by atoms with E-state index in [0.29, 0.717) is 6.04 Å². The highest BCUT2D eigenvalue weighted by atomic mass is 35.5. The summed E-state index contributed by atoms with van der Waals surface area (Å²) in [7, 11) is 1.88. The lowest BCUT2D eigenvalue weighted by molar-refractivity contribution is 0.0422. The van der Waals surface area contributed by atoms with Gasteiger partial charge in [0.25, 0.3) is 0 Å². The van der Waals surface area contributed by atoms with Gasteiger partial charge >= 0.3 is 0 Å². The molecule has 1 aliphatic heterocycles. The topological polar surface area (TPSA) is 44.5 Å². The van der Waals surface area contributed by atoms with Gasteiger partial charge in [-0.05, 0) is 20.8 Å². The van der Waals surface area contributed by atoms with Gasteiger partial charge in [-0.3, -0.25) is 14.5 Å². The van der Waals surface area contributed by atoms with Crippen LogP contribution in [-0.2, 0) is 13.6 Å². The molecule has 1 saturated heterocycles. The third-order valence-electron chi connectivity index (χ3n) is 4.00. The fourth-order valence-electron chi connectivity index (χ4n) is 2.90. The Bertz CT molecular complexity index is 460. The predicted molar refractivity (Wildman–Crippen MR) is 80.9 cm³/mol. The van der Waals surface area contributed by atoms with Crippen molar-refractivity contribution in [2.45, 2.75) is 39.5 Å². The number of nitrogens with zero attached hydrogens (tertiary/aromatic N) is 4. The molecule has 1 aliphatic rings. The normalized spacial score (nSPS) is 23.2. The summed E-state index contributed by atoms with van der Waals surface area (Å²) in [6.45, 7) is 10.7. The molecule has 0 aliphatic carbocycles.